The van der Waals surface area contributed by atoms with E-state index in [0.717, 1.165) is 6.07 Å². The lowest BCUT2D eigenvalue weighted by molar-refractivity contribution is -0.140. The molecule has 0 heterocycles. The lowest BCUT2D eigenvalue weighted by Crippen LogP contribution is -2.10. The van der Waals surface area contributed by atoms with Crippen LogP contribution in [0.1, 0.15) is 11.1 Å². The molecule has 1 aromatic carbocycles. The molecule has 0 aliphatic carbocycles. The van der Waals surface area contributed by atoms with Crippen molar-refractivity contribution >= 4 is 0 Å². The molecule has 0 aliphatic heterocycles. The van der Waals surface area contributed by atoms with Crippen molar-refractivity contribution in [3.05, 3.63) is 45.6 Å². The Labute approximate surface area is 88.3 Å². The van der Waals surface area contributed by atoms with Gasteiger partial charge in [0.1, 0.15) is 5.82 Å². The summed E-state index contributed by atoms with van der Waals surface area (Å²) in [4.78, 5) is 2.43. The van der Waals surface area contributed by atoms with Gasteiger partial charge in [-0.15, -0.1) is 0 Å². The largest absolute Gasteiger partial charge is 0.419 e. The molecule has 0 saturated carbocycles. The molecule has 0 aromatic heterocycles. The summed E-state index contributed by atoms with van der Waals surface area (Å²) in [6.07, 6.45) is -4.77. The third-order valence-electron chi connectivity index (χ3n) is 1.93. The number of benzene rings is 1. The first-order valence-electron chi connectivity index (χ1n) is 4.32. The maximum atomic E-state index is 13.3. The van der Waals surface area contributed by atoms with E-state index in [1.807, 2.05) is 0 Å². The normalized spacial score (nSPS) is 11.0. The van der Waals surface area contributed by atoms with Crippen LogP contribution >= 0.6 is 0 Å². The lowest BCUT2D eigenvalue weighted by atomic mass is 10.1. The monoisotopic (exact) mass is 233 g/mol. The Balaban J connectivity index is 2.99. The van der Waals surface area contributed by atoms with Crippen LogP contribution in [0.2, 0.25) is 0 Å². The molecule has 7 heteroatoms. The fourth-order valence-electron chi connectivity index (χ4n) is 1.21. The van der Waals surface area contributed by atoms with Gasteiger partial charge in [0.15, 0.2) is 0 Å². The predicted octanol–water partition coefficient (Wildman–Crippen LogP) is 3.70. The van der Waals surface area contributed by atoms with Gasteiger partial charge in [0.05, 0.1) is 5.56 Å². The molecular weight excluding hydrogens is 226 g/mol. The Kier molecular flexibility index (Phi) is 3.73. The molecule has 0 atom stereocenters. The summed E-state index contributed by atoms with van der Waals surface area (Å²) in [6.45, 7) is -0.0747. The molecule has 0 N–H and O–H groups in total. The average molecular weight is 233 g/mol. The summed E-state index contributed by atoms with van der Waals surface area (Å²) in [6, 6.07) is 3.03. The summed E-state index contributed by atoms with van der Waals surface area (Å²) >= 11 is 0. The molecular formula is C9H7F4N3. The molecule has 3 nitrogen and oxygen atoms in total. The van der Waals surface area contributed by atoms with Gasteiger partial charge in [0, 0.05) is 11.5 Å². The van der Waals surface area contributed by atoms with E-state index in [9.17, 15) is 17.6 Å². The van der Waals surface area contributed by atoms with E-state index in [4.69, 9.17) is 5.53 Å². The second-order valence-corrected chi connectivity index (χ2v) is 2.98. The Morgan fingerprint density at radius 2 is 2.00 bits per heavy atom. The molecule has 0 spiro atoms. The van der Waals surface area contributed by atoms with Crippen molar-refractivity contribution in [3.63, 3.8) is 0 Å². The molecule has 1 rings (SSSR count). The summed E-state index contributed by atoms with van der Waals surface area (Å²) in [5.74, 6) is -1.30. The minimum absolute atomic E-state index is 0.0557. The van der Waals surface area contributed by atoms with Gasteiger partial charge < -0.3 is 0 Å². The van der Waals surface area contributed by atoms with Crippen molar-refractivity contribution in [1.29, 1.82) is 0 Å². The highest BCUT2D eigenvalue weighted by Crippen LogP contribution is 2.32. The maximum absolute atomic E-state index is 13.3. The van der Waals surface area contributed by atoms with Gasteiger partial charge in [-0.2, -0.15) is 13.2 Å². The van der Waals surface area contributed by atoms with Crippen LogP contribution in [-0.2, 0) is 12.6 Å². The van der Waals surface area contributed by atoms with Crippen LogP contribution in [-0.4, -0.2) is 6.54 Å². The molecule has 0 saturated heterocycles. The summed E-state index contributed by atoms with van der Waals surface area (Å²) in [5, 5.41) is 3.13. The number of hydrogen-bond donors (Lipinski definition) is 0. The van der Waals surface area contributed by atoms with Crippen LogP contribution in [0.4, 0.5) is 17.6 Å². The zero-order valence-corrected chi connectivity index (χ0v) is 8.00. The molecule has 0 amide bonds. The van der Waals surface area contributed by atoms with E-state index in [1.165, 1.54) is 6.07 Å². The van der Waals surface area contributed by atoms with Gasteiger partial charge in [-0.05, 0) is 23.6 Å². The Morgan fingerprint density at radius 1 is 1.31 bits per heavy atom. The Morgan fingerprint density at radius 3 is 2.56 bits per heavy atom. The molecule has 86 valence electrons. The fourth-order valence-corrected chi connectivity index (χ4v) is 1.21. The van der Waals surface area contributed by atoms with Crippen LogP contribution in [0.25, 0.3) is 10.4 Å². The number of rotatable bonds is 3. The molecule has 0 fully saturated rings. The fraction of sp³-hybridized carbons (Fsp3) is 0.333. The maximum Gasteiger partial charge on any atom is 0.419 e. The van der Waals surface area contributed by atoms with E-state index in [-0.39, 0.29) is 18.5 Å². The standard InChI is InChI=1S/C9H7F4N3/c10-8-6(4-5-15-16-14)2-1-3-7(8)9(11,12)13/h1-3H,4-5H2. The van der Waals surface area contributed by atoms with E-state index >= 15 is 0 Å². The van der Waals surface area contributed by atoms with Gasteiger partial charge in [0.2, 0.25) is 0 Å². The summed E-state index contributed by atoms with van der Waals surface area (Å²) in [7, 11) is 0. The molecule has 16 heavy (non-hydrogen) atoms. The molecule has 0 unspecified atom stereocenters. The Hall–Kier alpha value is -1.75. The van der Waals surface area contributed by atoms with Gasteiger partial charge in [-0.25, -0.2) is 4.39 Å². The third-order valence-corrected chi connectivity index (χ3v) is 1.93. The number of halogens is 4. The SMILES string of the molecule is [N-]=[N+]=NCCc1cccc(C(F)(F)F)c1F. The predicted molar refractivity (Wildman–Crippen MR) is 49.1 cm³/mol. The molecule has 0 radical (unpaired) electrons. The zero-order valence-electron chi connectivity index (χ0n) is 8.00. The molecule has 0 aliphatic rings. The smallest absolute Gasteiger partial charge is 0.206 e. The van der Waals surface area contributed by atoms with E-state index < -0.39 is 17.6 Å². The van der Waals surface area contributed by atoms with Crippen LogP contribution in [0.3, 0.4) is 0 Å². The second-order valence-electron chi connectivity index (χ2n) is 2.98. The van der Waals surface area contributed by atoms with Gasteiger partial charge >= 0.3 is 6.18 Å². The number of nitrogens with zero attached hydrogens (tertiary/aromatic N) is 3. The number of azide groups is 1. The van der Waals surface area contributed by atoms with E-state index in [1.54, 1.807) is 0 Å². The second kappa shape index (κ2) is 4.85. The highest BCUT2D eigenvalue weighted by Gasteiger charge is 2.34. The first-order chi connectivity index (χ1) is 7.46. The molecule has 1 aromatic rings. The van der Waals surface area contributed by atoms with Gasteiger partial charge in [0.25, 0.3) is 0 Å². The topological polar surface area (TPSA) is 48.8 Å². The minimum atomic E-state index is -4.71. The van der Waals surface area contributed by atoms with Gasteiger partial charge in [-0.3, -0.25) is 0 Å². The molecule has 0 bridgehead atoms. The average Bonchev–Trinajstić information content (AvgIpc) is 2.19. The van der Waals surface area contributed by atoms with Crippen molar-refractivity contribution in [3.8, 4) is 0 Å². The van der Waals surface area contributed by atoms with E-state index in [2.05, 4.69) is 10.0 Å². The van der Waals surface area contributed by atoms with Crippen molar-refractivity contribution in [1.82, 2.24) is 0 Å². The van der Waals surface area contributed by atoms with Crippen LogP contribution in [0.15, 0.2) is 23.3 Å². The highest BCUT2D eigenvalue weighted by atomic mass is 19.4. The minimum Gasteiger partial charge on any atom is -0.206 e. The van der Waals surface area contributed by atoms with Crippen molar-refractivity contribution in [2.75, 3.05) is 6.54 Å². The van der Waals surface area contributed by atoms with Crippen LogP contribution in [0, 0.1) is 5.82 Å². The first kappa shape index (κ1) is 12.3. The van der Waals surface area contributed by atoms with Crippen LogP contribution in [0.5, 0.6) is 0 Å². The third kappa shape index (κ3) is 2.87. The number of hydrogen-bond acceptors (Lipinski definition) is 1. The highest BCUT2D eigenvalue weighted by molar-refractivity contribution is 5.28. The van der Waals surface area contributed by atoms with E-state index in [0.29, 0.717) is 6.07 Å². The summed E-state index contributed by atoms with van der Waals surface area (Å²) in [5.41, 5.74) is 6.57. The number of alkyl halides is 3. The lowest BCUT2D eigenvalue weighted by Gasteiger charge is -2.10. The van der Waals surface area contributed by atoms with Crippen LogP contribution < -0.4 is 0 Å². The summed E-state index contributed by atoms with van der Waals surface area (Å²) < 4.78 is 50.2. The van der Waals surface area contributed by atoms with Gasteiger partial charge in [-0.1, -0.05) is 17.2 Å². The van der Waals surface area contributed by atoms with Crippen molar-refractivity contribution in [2.24, 2.45) is 5.11 Å². The Bertz CT molecular complexity index is 421. The van der Waals surface area contributed by atoms with Crippen molar-refractivity contribution in [2.45, 2.75) is 12.6 Å². The first-order valence-corrected chi connectivity index (χ1v) is 4.32. The zero-order chi connectivity index (χ0) is 12.2. The quantitative estimate of drug-likeness (QED) is 0.331. The van der Waals surface area contributed by atoms with Crippen molar-refractivity contribution < 1.29 is 17.6 Å².